The molecule has 0 spiro atoms. The van der Waals surface area contributed by atoms with Crippen LogP contribution in [0, 0.1) is 12.8 Å². The molecular weight excluding hydrogens is 315 g/mol. The lowest BCUT2D eigenvalue weighted by Gasteiger charge is -2.27. The second-order valence-corrected chi connectivity index (χ2v) is 7.74. The quantitative estimate of drug-likeness (QED) is 0.771. The molecule has 0 aromatic carbocycles. The Balaban J connectivity index is 2.10. The third-order valence-electron chi connectivity index (χ3n) is 4.35. The first-order chi connectivity index (χ1) is 11.8. The maximum atomic E-state index is 14.0. The Hall–Kier alpha value is -2.30. The average molecular weight is 340 g/mol. The maximum Gasteiger partial charge on any atom is 0.148 e. The first kappa shape index (κ1) is 17.5. The summed E-state index contributed by atoms with van der Waals surface area (Å²) in [5.41, 5.74) is 1.27. The third-order valence-corrected chi connectivity index (χ3v) is 4.35. The van der Waals surface area contributed by atoms with Crippen molar-refractivity contribution in [1.29, 1.82) is 0 Å². The van der Waals surface area contributed by atoms with Crippen molar-refractivity contribution < 1.29 is 4.39 Å². The number of rotatable bonds is 5. The van der Waals surface area contributed by atoms with E-state index in [-0.39, 0.29) is 5.41 Å². The van der Waals surface area contributed by atoms with Crippen LogP contribution in [0.25, 0.3) is 5.83 Å². The fraction of sp³-hybridized carbons (Fsp3) is 0.450. The number of hydrogen-bond donors (Lipinski definition) is 0. The molecule has 2 aromatic heterocycles. The summed E-state index contributed by atoms with van der Waals surface area (Å²) >= 11 is 0. The molecule has 2 aromatic rings. The van der Waals surface area contributed by atoms with E-state index in [1.165, 1.54) is 19.0 Å². The minimum absolute atomic E-state index is 0.0602. The van der Waals surface area contributed by atoms with Crippen molar-refractivity contribution in [3.8, 4) is 0 Å². The molecular formula is C20H25FN4. The highest BCUT2D eigenvalue weighted by Gasteiger charge is 2.29. The molecule has 0 unspecified atom stereocenters. The van der Waals surface area contributed by atoms with Crippen molar-refractivity contribution in [2.45, 2.75) is 46.0 Å². The van der Waals surface area contributed by atoms with Crippen LogP contribution in [0.1, 0.15) is 50.7 Å². The standard InChI is InChI=1S/C20H25FN4/c1-13(21)16-11-22-14(2)23-19(16)25(12-15-9-10-15)18-8-6-7-17(24-18)20(3,4)5/h6-8,11,15H,1,9-10,12H2,2-5H3. The first-order valence-electron chi connectivity index (χ1n) is 8.69. The van der Waals surface area contributed by atoms with Gasteiger partial charge in [-0.1, -0.05) is 33.4 Å². The number of pyridine rings is 1. The van der Waals surface area contributed by atoms with Crippen LogP contribution in [0.15, 0.2) is 31.0 Å². The summed E-state index contributed by atoms with van der Waals surface area (Å²) in [7, 11) is 0. The smallest absolute Gasteiger partial charge is 0.148 e. The van der Waals surface area contributed by atoms with Gasteiger partial charge in [0.25, 0.3) is 0 Å². The van der Waals surface area contributed by atoms with Gasteiger partial charge in [0.2, 0.25) is 0 Å². The molecule has 1 fully saturated rings. The first-order valence-corrected chi connectivity index (χ1v) is 8.69. The van der Waals surface area contributed by atoms with E-state index in [0.29, 0.717) is 23.1 Å². The molecule has 1 saturated carbocycles. The van der Waals surface area contributed by atoms with Crippen LogP contribution in [0.3, 0.4) is 0 Å². The van der Waals surface area contributed by atoms with Crippen LogP contribution >= 0.6 is 0 Å². The van der Waals surface area contributed by atoms with Gasteiger partial charge < -0.3 is 4.90 Å². The van der Waals surface area contributed by atoms with Crippen LogP contribution in [0.5, 0.6) is 0 Å². The van der Waals surface area contributed by atoms with Gasteiger partial charge in [-0.2, -0.15) is 0 Å². The molecule has 5 heteroatoms. The molecule has 1 aliphatic rings. The highest BCUT2D eigenvalue weighted by atomic mass is 19.1. The summed E-state index contributed by atoms with van der Waals surface area (Å²) in [5, 5.41) is 0. The fourth-order valence-electron chi connectivity index (χ4n) is 2.69. The minimum atomic E-state index is -0.525. The summed E-state index contributed by atoms with van der Waals surface area (Å²) in [6.07, 6.45) is 3.88. The molecule has 2 heterocycles. The van der Waals surface area contributed by atoms with Gasteiger partial charge in [0.05, 0.1) is 5.56 Å². The van der Waals surface area contributed by atoms with Gasteiger partial charge in [0.1, 0.15) is 23.3 Å². The zero-order valence-corrected chi connectivity index (χ0v) is 15.4. The van der Waals surface area contributed by atoms with Gasteiger partial charge in [-0.15, -0.1) is 0 Å². The third kappa shape index (κ3) is 4.03. The normalized spacial score (nSPS) is 14.4. The number of nitrogens with zero attached hydrogens (tertiary/aromatic N) is 4. The molecule has 0 N–H and O–H groups in total. The van der Waals surface area contributed by atoms with Crippen LogP contribution in [0.4, 0.5) is 16.0 Å². The Morgan fingerprint density at radius 1 is 1.28 bits per heavy atom. The number of aromatic nitrogens is 3. The highest BCUT2D eigenvalue weighted by molar-refractivity contribution is 5.72. The van der Waals surface area contributed by atoms with Gasteiger partial charge in [0.15, 0.2) is 0 Å². The Bertz CT molecular complexity index is 791. The second-order valence-electron chi connectivity index (χ2n) is 7.74. The molecule has 4 nitrogen and oxygen atoms in total. The molecule has 1 aliphatic carbocycles. The van der Waals surface area contributed by atoms with Gasteiger partial charge in [0, 0.05) is 23.9 Å². The topological polar surface area (TPSA) is 41.9 Å². The zero-order valence-electron chi connectivity index (χ0n) is 15.4. The minimum Gasteiger partial charge on any atom is -0.310 e. The van der Waals surface area contributed by atoms with E-state index >= 15 is 0 Å². The van der Waals surface area contributed by atoms with E-state index in [4.69, 9.17) is 4.98 Å². The van der Waals surface area contributed by atoms with Crippen molar-refractivity contribution >= 4 is 17.5 Å². The number of hydrogen-bond acceptors (Lipinski definition) is 4. The second kappa shape index (κ2) is 6.54. The average Bonchev–Trinajstić information content (AvgIpc) is 3.35. The van der Waals surface area contributed by atoms with Crippen LogP contribution in [-0.2, 0) is 5.41 Å². The summed E-state index contributed by atoms with van der Waals surface area (Å²) < 4.78 is 14.0. The summed E-state index contributed by atoms with van der Waals surface area (Å²) in [6, 6.07) is 5.99. The maximum absolute atomic E-state index is 14.0. The lowest BCUT2D eigenvalue weighted by molar-refractivity contribution is 0.568. The Labute approximate surface area is 148 Å². The predicted molar refractivity (Wildman–Crippen MR) is 99.6 cm³/mol. The molecule has 0 amide bonds. The number of anilines is 2. The zero-order chi connectivity index (χ0) is 18.2. The molecule has 3 rings (SSSR count). The van der Waals surface area contributed by atoms with E-state index in [2.05, 4.69) is 37.3 Å². The Morgan fingerprint density at radius 3 is 2.60 bits per heavy atom. The molecule has 25 heavy (non-hydrogen) atoms. The van der Waals surface area contributed by atoms with Gasteiger partial charge in [-0.05, 0) is 37.8 Å². The van der Waals surface area contributed by atoms with Crippen molar-refractivity contribution in [2.75, 3.05) is 11.4 Å². The SMILES string of the molecule is C=C(F)c1cnc(C)nc1N(CC1CC1)c1cccc(C(C)(C)C)n1. The monoisotopic (exact) mass is 340 g/mol. The van der Waals surface area contributed by atoms with E-state index in [0.717, 1.165) is 18.1 Å². The molecule has 0 saturated heterocycles. The number of aryl methyl sites for hydroxylation is 1. The molecule has 0 bridgehead atoms. The lowest BCUT2D eigenvalue weighted by Crippen LogP contribution is -2.25. The molecule has 132 valence electrons. The van der Waals surface area contributed by atoms with E-state index < -0.39 is 5.83 Å². The van der Waals surface area contributed by atoms with E-state index in [1.54, 1.807) is 0 Å². The van der Waals surface area contributed by atoms with Crippen molar-refractivity contribution in [1.82, 2.24) is 15.0 Å². The summed E-state index contributed by atoms with van der Waals surface area (Å²) in [4.78, 5) is 15.5. The Morgan fingerprint density at radius 2 is 2.00 bits per heavy atom. The van der Waals surface area contributed by atoms with Gasteiger partial charge in [-0.25, -0.2) is 19.3 Å². The van der Waals surface area contributed by atoms with Crippen LogP contribution < -0.4 is 4.90 Å². The highest BCUT2D eigenvalue weighted by Crippen LogP contribution is 2.37. The lowest BCUT2D eigenvalue weighted by atomic mass is 9.92. The summed E-state index contributed by atoms with van der Waals surface area (Å²) in [5.74, 6) is 2.01. The van der Waals surface area contributed by atoms with Gasteiger partial charge >= 0.3 is 0 Å². The van der Waals surface area contributed by atoms with Crippen LogP contribution in [0.2, 0.25) is 0 Å². The summed E-state index contributed by atoms with van der Waals surface area (Å²) in [6.45, 7) is 12.4. The molecule has 0 aliphatic heterocycles. The largest absolute Gasteiger partial charge is 0.310 e. The molecule has 0 atom stereocenters. The van der Waals surface area contributed by atoms with E-state index in [9.17, 15) is 4.39 Å². The van der Waals surface area contributed by atoms with Gasteiger partial charge in [-0.3, -0.25) is 0 Å². The van der Waals surface area contributed by atoms with Crippen molar-refractivity contribution in [3.63, 3.8) is 0 Å². The van der Waals surface area contributed by atoms with E-state index in [1.807, 2.05) is 30.0 Å². The predicted octanol–water partition coefficient (Wildman–Crippen LogP) is 4.97. The molecule has 0 radical (unpaired) electrons. The fourth-order valence-corrected chi connectivity index (χ4v) is 2.69. The Kier molecular flexibility index (Phi) is 4.58. The van der Waals surface area contributed by atoms with Crippen molar-refractivity contribution in [3.05, 3.63) is 48.1 Å². The van der Waals surface area contributed by atoms with Crippen LogP contribution in [-0.4, -0.2) is 21.5 Å². The number of halogens is 1. The van der Waals surface area contributed by atoms with Crippen molar-refractivity contribution in [2.24, 2.45) is 5.92 Å².